The Bertz CT molecular complexity index is 1040. The van der Waals surface area contributed by atoms with Crippen LogP contribution in [0.25, 0.3) is 34.1 Å². The minimum absolute atomic E-state index is 0.116. The molecule has 1 amide bonds. The summed E-state index contributed by atoms with van der Waals surface area (Å²) < 4.78 is 5.39. The molecule has 0 spiro atoms. The van der Waals surface area contributed by atoms with E-state index in [1.165, 1.54) is 6.92 Å². The molecular weight excluding hydrogens is 330 g/mol. The number of aromatic nitrogens is 4. The van der Waals surface area contributed by atoms with Crippen LogP contribution in [0.2, 0.25) is 0 Å². The van der Waals surface area contributed by atoms with Crippen LogP contribution < -0.4 is 5.32 Å². The van der Waals surface area contributed by atoms with Gasteiger partial charge in [-0.2, -0.15) is 10.1 Å². The Kier molecular flexibility index (Phi) is 4.03. The number of hydrogen-bond acceptors (Lipinski definition) is 5. The van der Waals surface area contributed by atoms with Gasteiger partial charge in [-0.25, -0.2) is 0 Å². The zero-order valence-electron chi connectivity index (χ0n) is 13.9. The van der Waals surface area contributed by atoms with E-state index >= 15 is 0 Å². The molecule has 0 radical (unpaired) electrons. The van der Waals surface area contributed by atoms with Crippen LogP contribution in [0.5, 0.6) is 0 Å². The van der Waals surface area contributed by atoms with Gasteiger partial charge in [0.1, 0.15) is 0 Å². The Balaban J connectivity index is 1.60. The predicted molar refractivity (Wildman–Crippen MR) is 97.1 cm³/mol. The molecule has 7 heteroatoms. The van der Waals surface area contributed by atoms with Gasteiger partial charge in [-0.15, -0.1) is 0 Å². The molecule has 4 rings (SSSR count). The van der Waals surface area contributed by atoms with Crippen molar-refractivity contribution >= 4 is 11.6 Å². The zero-order chi connectivity index (χ0) is 17.9. The minimum atomic E-state index is -0.116. The summed E-state index contributed by atoms with van der Waals surface area (Å²) in [6.45, 7) is 1.47. The normalized spacial score (nSPS) is 10.7. The standard InChI is InChI=1S/C19H15N5O2/c1-12(25)21-16-7-5-13(6-8-16)19-22-18(24-26-19)15-4-2-3-14(11-15)17-9-10-20-23-17/h2-11H,1H3,(H,20,23)(H,21,25). The molecule has 128 valence electrons. The van der Waals surface area contributed by atoms with Gasteiger partial charge < -0.3 is 9.84 Å². The van der Waals surface area contributed by atoms with E-state index in [4.69, 9.17) is 4.52 Å². The van der Waals surface area contributed by atoms with Crippen molar-refractivity contribution in [3.63, 3.8) is 0 Å². The third-order valence-electron chi connectivity index (χ3n) is 3.81. The number of nitrogens with one attached hydrogen (secondary N) is 2. The molecule has 0 saturated carbocycles. The lowest BCUT2D eigenvalue weighted by atomic mass is 10.1. The van der Waals surface area contributed by atoms with Crippen molar-refractivity contribution in [3.8, 4) is 34.1 Å². The third kappa shape index (κ3) is 3.23. The van der Waals surface area contributed by atoms with Crippen molar-refractivity contribution in [2.24, 2.45) is 0 Å². The second-order valence-corrected chi connectivity index (χ2v) is 5.73. The summed E-state index contributed by atoms with van der Waals surface area (Å²) in [5.74, 6) is 0.809. The van der Waals surface area contributed by atoms with Crippen LogP contribution in [0.3, 0.4) is 0 Å². The van der Waals surface area contributed by atoms with E-state index in [1.807, 2.05) is 42.5 Å². The number of anilines is 1. The van der Waals surface area contributed by atoms with Crippen LogP contribution >= 0.6 is 0 Å². The van der Waals surface area contributed by atoms with Crippen LogP contribution in [0.1, 0.15) is 6.92 Å². The average molecular weight is 345 g/mol. The van der Waals surface area contributed by atoms with Crippen LogP contribution in [0.4, 0.5) is 5.69 Å². The van der Waals surface area contributed by atoms with E-state index in [0.29, 0.717) is 17.4 Å². The summed E-state index contributed by atoms with van der Waals surface area (Å²) in [6, 6.07) is 16.9. The van der Waals surface area contributed by atoms with Crippen molar-refractivity contribution in [1.29, 1.82) is 0 Å². The highest BCUT2D eigenvalue weighted by Gasteiger charge is 2.12. The van der Waals surface area contributed by atoms with Gasteiger partial charge in [0.05, 0.1) is 5.69 Å². The fourth-order valence-electron chi connectivity index (χ4n) is 2.60. The topological polar surface area (TPSA) is 96.7 Å². The van der Waals surface area contributed by atoms with Gasteiger partial charge in [0.15, 0.2) is 0 Å². The molecule has 0 saturated heterocycles. The van der Waals surface area contributed by atoms with Gasteiger partial charge in [0, 0.05) is 35.5 Å². The van der Waals surface area contributed by atoms with Crippen LogP contribution in [-0.4, -0.2) is 26.2 Å². The fourth-order valence-corrected chi connectivity index (χ4v) is 2.60. The monoisotopic (exact) mass is 345 g/mol. The number of rotatable bonds is 4. The molecule has 0 aliphatic heterocycles. The molecule has 0 bridgehead atoms. The molecule has 2 aromatic heterocycles. The van der Waals surface area contributed by atoms with Gasteiger partial charge in [0.25, 0.3) is 5.89 Å². The summed E-state index contributed by atoms with van der Waals surface area (Å²) in [5.41, 5.74) is 4.26. The minimum Gasteiger partial charge on any atom is -0.334 e. The summed E-state index contributed by atoms with van der Waals surface area (Å²) in [7, 11) is 0. The second-order valence-electron chi connectivity index (χ2n) is 5.73. The highest BCUT2D eigenvalue weighted by atomic mass is 16.5. The highest BCUT2D eigenvalue weighted by molar-refractivity contribution is 5.88. The first kappa shape index (κ1) is 15.8. The first-order valence-electron chi connectivity index (χ1n) is 8.01. The molecule has 2 heterocycles. The molecule has 2 N–H and O–H groups in total. The van der Waals surface area contributed by atoms with Gasteiger partial charge in [-0.3, -0.25) is 9.89 Å². The van der Waals surface area contributed by atoms with E-state index in [9.17, 15) is 4.79 Å². The number of aromatic amines is 1. The number of benzene rings is 2. The smallest absolute Gasteiger partial charge is 0.258 e. The fraction of sp³-hybridized carbons (Fsp3) is 0.0526. The lowest BCUT2D eigenvalue weighted by Crippen LogP contribution is -2.05. The molecule has 0 aliphatic rings. The molecule has 0 unspecified atom stereocenters. The molecule has 7 nitrogen and oxygen atoms in total. The van der Waals surface area contributed by atoms with Crippen LogP contribution in [0.15, 0.2) is 65.3 Å². The average Bonchev–Trinajstić information content (AvgIpc) is 3.34. The Morgan fingerprint density at radius 3 is 2.58 bits per heavy atom. The van der Waals surface area contributed by atoms with E-state index in [1.54, 1.807) is 18.3 Å². The molecular formula is C19H15N5O2. The summed E-state index contributed by atoms with van der Waals surface area (Å²) >= 11 is 0. The first-order valence-corrected chi connectivity index (χ1v) is 8.01. The SMILES string of the molecule is CC(=O)Nc1ccc(-c2nc(-c3cccc(-c4ccn[nH]4)c3)no2)cc1. The van der Waals surface area contributed by atoms with Crippen molar-refractivity contribution in [2.75, 3.05) is 5.32 Å². The zero-order valence-corrected chi connectivity index (χ0v) is 13.9. The Morgan fingerprint density at radius 2 is 1.85 bits per heavy atom. The van der Waals surface area contributed by atoms with E-state index in [0.717, 1.165) is 22.4 Å². The van der Waals surface area contributed by atoms with E-state index in [2.05, 4.69) is 25.7 Å². The molecule has 2 aromatic carbocycles. The maximum atomic E-state index is 11.1. The highest BCUT2D eigenvalue weighted by Crippen LogP contribution is 2.26. The van der Waals surface area contributed by atoms with Crippen LogP contribution in [0, 0.1) is 0 Å². The second kappa shape index (κ2) is 6.64. The maximum Gasteiger partial charge on any atom is 0.258 e. The van der Waals surface area contributed by atoms with Gasteiger partial charge in [-0.1, -0.05) is 23.4 Å². The molecule has 0 atom stereocenters. The van der Waals surface area contributed by atoms with Crippen molar-refractivity contribution in [1.82, 2.24) is 20.3 Å². The molecule has 0 aliphatic carbocycles. The summed E-state index contributed by atoms with van der Waals surface area (Å²) in [6.07, 6.45) is 1.71. The number of nitrogens with zero attached hydrogens (tertiary/aromatic N) is 3. The van der Waals surface area contributed by atoms with Crippen LogP contribution in [-0.2, 0) is 4.79 Å². The van der Waals surface area contributed by atoms with Crippen molar-refractivity contribution in [2.45, 2.75) is 6.92 Å². The summed E-state index contributed by atoms with van der Waals surface area (Å²) in [4.78, 5) is 15.6. The maximum absolute atomic E-state index is 11.1. The van der Waals surface area contributed by atoms with Gasteiger partial charge in [-0.05, 0) is 36.4 Å². The summed E-state index contributed by atoms with van der Waals surface area (Å²) in [5, 5.41) is 13.7. The van der Waals surface area contributed by atoms with E-state index < -0.39 is 0 Å². The molecule has 26 heavy (non-hydrogen) atoms. The Morgan fingerprint density at radius 1 is 1.04 bits per heavy atom. The number of hydrogen-bond donors (Lipinski definition) is 2. The third-order valence-corrected chi connectivity index (χ3v) is 3.81. The quantitative estimate of drug-likeness (QED) is 0.587. The van der Waals surface area contributed by atoms with E-state index in [-0.39, 0.29) is 5.91 Å². The van der Waals surface area contributed by atoms with Crippen molar-refractivity contribution in [3.05, 3.63) is 60.8 Å². The lowest BCUT2D eigenvalue weighted by Gasteiger charge is -2.01. The Labute approximate surface area is 149 Å². The largest absolute Gasteiger partial charge is 0.334 e. The number of carbonyl (C=O) groups excluding carboxylic acids is 1. The number of amides is 1. The first-order chi connectivity index (χ1) is 12.7. The molecule has 4 aromatic rings. The lowest BCUT2D eigenvalue weighted by molar-refractivity contribution is -0.114. The van der Waals surface area contributed by atoms with Gasteiger partial charge >= 0.3 is 0 Å². The Hall–Kier alpha value is -3.74. The van der Waals surface area contributed by atoms with Crippen molar-refractivity contribution < 1.29 is 9.32 Å². The van der Waals surface area contributed by atoms with Gasteiger partial charge in [0.2, 0.25) is 11.7 Å². The predicted octanol–water partition coefficient (Wildman–Crippen LogP) is 3.75. The number of carbonyl (C=O) groups is 1. The number of H-pyrrole nitrogens is 1. The molecule has 0 fully saturated rings.